The van der Waals surface area contributed by atoms with Crippen molar-refractivity contribution in [1.82, 2.24) is 16.0 Å². The second kappa shape index (κ2) is 17.0. The van der Waals surface area contributed by atoms with Gasteiger partial charge in [-0.2, -0.15) is 0 Å². The molecular formula is C33H45N3O9. The zero-order valence-corrected chi connectivity index (χ0v) is 27.2. The van der Waals surface area contributed by atoms with Crippen molar-refractivity contribution in [3.8, 4) is 11.5 Å². The molecule has 2 aromatic carbocycles. The van der Waals surface area contributed by atoms with Crippen LogP contribution < -0.4 is 25.4 Å². The molecule has 3 atom stereocenters. The van der Waals surface area contributed by atoms with Gasteiger partial charge in [0.25, 0.3) is 0 Å². The molecule has 0 aliphatic carbocycles. The van der Waals surface area contributed by atoms with Crippen molar-refractivity contribution in [2.75, 3.05) is 13.7 Å². The number of carbonyl (C=O) groups excluding carboxylic acids is 5. The van der Waals surface area contributed by atoms with E-state index in [0.717, 1.165) is 11.1 Å². The first-order valence-electron chi connectivity index (χ1n) is 14.7. The fourth-order valence-electron chi connectivity index (χ4n) is 4.25. The van der Waals surface area contributed by atoms with E-state index in [0.29, 0.717) is 17.9 Å². The van der Waals surface area contributed by atoms with E-state index in [9.17, 15) is 24.0 Å². The third-order valence-electron chi connectivity index (χ3n) is 6.35. The number of ether oxygens (including phenoxy) is 4. The molecule has 3 N–H and O–H groups in total. The number of methoxy groups -OCH3 is 1. The quantitative estimate of drug-likeness (QED) is 0.211. The summed E-state index contributed by atoms with van der Waals surface area (Å²) in [5.41, 5.74) is 0.747. The van der Waals surface area contributed by atoms with Crippen LogP contribution in [-0.4, -0.2) is 67.3 Å². The standard InChI is InChI=1S/C33H45N3O9/c1-20(2)29(31(40)34-25(19-43-21(3)37)17-23-11-15-27(16-12-23)44-22(4)38)36-30(39)28(35-32(41)45-33(5,6)7)18-24-9-13-26(42-8)14-10-24/h9-16,20,25,28-29H,17-19H2,1-8H3,(H,34,40)(H,35,41)(H,36,39)/t25-,28-,29-/m0/s1. The van der Waals surface area contributed by atoms with Crippen molar-refractivity contribution in [2.24, 2.45) is 5.92 Å². The van der Waals surface area contributed by atoms with Crippen LogP contribution in [0.2, 0.25) is 0 Å². The van der Waals surface area contributed by atoms with Gasteiger partial charge in [0.15, 0.2) is 0 Å². The van der Waals surface area contributed by atoms with Crippen molar-refractivity contribution in [2.45, 2.75) is 85.0 Å². The van der Waals surface area contributed by atoms with Crippen molar-refractivity contribution in [3.05, 3.63) is 59.7 Å². The topological polar surface area (TPSA) is 158 Å². The summed E-state index contributed by atoms with van der Waals surface area (Å²) in [7, 11) is 1.55. The molecule has 246 valence electrons. The van der Waals surface area contributed by atoms with Crippen molar-refractivity contribution >= 4 is 29.8 Å². The SMILES string of the molecule is COc1ccc(C[C@H](NC(=O)OC(C)(C)C)C(=O)N[C@H](C(=O)N[C@H](COC(C)=O)Cc2ccc(OC(C)=O)cc2)C(C)C)cc1. The molecule has 0 spiro atoms. The fourth-order valence-corrected chi connectivity index (χ4v) is 4.25. The minimum atomic E-state index is -1.06. The second-order valence-corrected chi connectivity index (χ2v) is 11.9. The molecule has 3 amide bonds. The lowest BCUT2D eigenvalue weighted by Gasteiger charge is -2.28. The molecule has 2 aromatic rings. The van der Waals surface area contributed by atoms with Crippen LogP contribution in [-0.2, 0) is 41.5 Å². The summed E-state index contributed by atoms with van der Waals surface area (Å²) < 4.78 is 20.9. The van der Waals surface area contributed by atoms with Gasteiger partial charge >= 0.3 is 18.0 Å². The lowest BCUT2D eigenvalue weighted by atomic mass is 10.00. The summed E-state index contributed by atoms with van der Waals surface area (Å²) in [6.07, 6.45) is -0.360. The lowest BCUT2D eigenvalue weighted by Crippen LogP contribution is -2.58. The van der Waals surface area contributed by atoms with E-state index in [-0.39, 0.29) is 18.9 Å². The predicted molar refractivity (Wildman–Crippen MR) is 167 cm³/mol. The Morgan fingerprint density at radius 2 is 1.29 bits per heavy atom. The van der Waals surface area contributed by atoms with Crippen LogP contribution in [0.15, 0.2) is 48.5 Å². The fraction of sp³-hybridized carbons (Fsp3) is 0.485. The Kier molecular flexibility index (Phi) is 13.8. The van der Waals surface area contributed by atoms with Gasteiger partial charge in [-0.1, -0.05) is 38.1 Å². The smallest absolute Gasteiger partial charge is 0.408 e. The molecule has 0 aromatic heterocycles. The summed E-state index contributed by atoms with van der Waals surface area (Å²) in [5.74, 6) is -1.36. The first-order chi connectivity index (χ1) is 21.1. The van der Waals surface area contributed by atoms with E-state index in [4.69, 9.17) is 18.9 Å². The zero-order chi connectivity index (χ0) is 33.7. The predicted octanol–water partition coefficient (Wildman–Crippen LogP) is 3.49. The highest BCUT2D eigenvalue weighted by molar-refractivity contribution is 5.91. The Balaban J connectivity index is 2.23. The van der Waals surface area contributed by atoms with Gasteiger partial charge in [0.05, 0.1) is 13.2 Å². The summed E-state index contributed by atoms with van der Waals surface area (Å²) >= 11 is 0. The average molecular weight is 628 g/mol. The van der Waals surface area contributed by atoms with Crippen molar-refractivity contribution in [1.29, 1.82) is 0 Å². The number of rotatable bonds is 14. The van der Waals surface area contributed by atoms with Gasteiger partial charge in [-0.15, -0.1) is 0 Å². The average Bonchev–Trinajstić information content (AvgIpc) is 2.94. The van der Waals surface area contributed by atoms with E-state index in [1.807, 2.05) is 0 Å². The Labute approximate surface area is 264 Å². The molecule has 0 radical (unpaired) electrons. The van der Waals surface area contributed by atoms with E-state index >= 15 is 0 Å². The molecule has 0 heterocycles. The van der Waals surface area contributed by atoms with Gasteiger partial charge in [-0.25, -0.2) is 4.79 Å². The number of nitrogens with one attached hydrogen (secondary N) is 3. The maximum absolute atomic E-state index is 13.6. The highest BCUT2D eigenvalue weighted by Crippen LogP contribution is 2.16. The molecule has 0 aliphatic rings. The molecule has 0 saturated heterocycles. The minimum Gasteiger partial charge on any atom is -0.497 e. The van der Waals surface area contributed by atoms with Crippen LogP contribution in [0, 0.1) is 5.92 Å². The van der Waals surface area contributed by atoms with Gasteiger partial charge in [-0.05, 0) is 68.5 Å². The van der Waals surface area contributed by atoms with Crippen LogP contribution in [0.25, 0.3) is 0 Å². The first-order valence-corrected chi connectivity index (χ1v) is 14.7. The van der Waals surface area contributed by atoms with E-state index < -0.39 is 53.6 Å². The van der Waals surface area contributed by atoms with Crippen LogP contribution in [0.1, 0.15) is 59.6 Å². The highest BCUT2D eigenvalue weighted by atomic mass is 16.6. The van der Waals surface area contributed by atoms with E-state index in [1.54, 1.807) is 90.3 Å². The van der Waals surface area contributed by atoms with E-state index in [2.05, 4.69) is 16.0 Å². The largest absolute Gasteiger partial charge is 0.497 e. The molecule has 12 nitrogen and oxygen atoms in total. The number of carbonyl (C=O) groups is 5. The molecule has 2 rings (SSSR count). The van der Waals surface area contributed by atoms with Crippen molar-refractivity contribution in [3.63, 3.8) is 0 Å². The lowest BCUT2D eigenvalue weighted by molar-refractivity contribution is -0.142. The Morgan fingerprint density at radius 1 is 0.733 bits per heavy atom. The number of hydrogen-bond donors (Lipinski definition) is 3. The molecule has 0 unspecified atom stereocenters. The van der Waals surface area contributed by atoms with Crippen LogP contribution in [0.3, 0.4) is 0 Å². The van der Waals surface area contributed by atoms with Gasteiger partial charge in [0, 0.05) is 20.3 Å². The van der Waals surface area contributed by atoms with Crippen LogP contribution >= 0.6 is 0 Å². The number of benzene rings is 2. The normalized spacial score (nSPS) is 13.1. The number of amides is 3. The zero-order valence-electron chi connectivity index (χ0n) is 27.2. The Hall–Kier alpha value is -4.61. The molecule has 0 bridgehead atoms. The maximum atomic E-state index is 13.6. The number of alkyl carbamates (subject to hydrolysis) is 1. The summed E-state index contributed by atoms with van der Waals surface area (Å²) in [6.45, 7) is 11.2. The molecule has 0 aliphatic heterocycles. The summed E-state index contributed by atoms with van der Waals surface area (Å²) in [5, 5.41) is 8.30. The second-order valence-electron chi connectivity index (χ2n) is 11.9. The third kappa shape index (κ3) is 13.7. The molecule has 45 heavy (non-hydrogen) atoms. The van der Waals surface area contributed by atoms with Gasteiger partial charge in [0.2, 0.25) is 11.8 Å². The third-order valence-corrected chi connectivity index (χ3v) is 6.35. The Bertz CT molecular complexity index is 1300. The Morgan fingerprint density at radius 3 is 1.78 bits per heavy atom. The molecule has 0 saturated carbocycles. The maximum Gasteiger partial charge on any atom is 0.408 e. The molecule has 0 fully saturated rings. The summed E-state index contributed by atoms with van der Waals surface area (Å²) in [4.78, 5) is 62.6. The minimum absolute atomic E-state index is 0.105. The first kappa shape index (κ1) is 36.6. The van der Waals surface area contributed by atoms with Crippen LogP contribution in [0.4, 0.5) is 4.79 Å². The molecule has 12 heteroatoms. The highest BCUT2D eigenvalue weighted by Gasteiger charge is 2.31. The number of esters is 2. The molecular weight excluding hydrogens is 582 g/mol. The van der Waals surface area contributed by atoms with Gasteiger partial charge < -0.3 is 34.9 Å². The van der Waals surface area contributed by atoms with Gasteiger partial charge in [0.1, 0.15) is 35.8 Å². The van der Waals surface area contributed by atoms with Gasteiger partial charge in [-0.3, -0.25) is 19.2 Å². The van der Waals surface area contributed by atoms with Crippen LogP contribution in [0.5, 0.6) is 11.5 Å². The summed E-state index contributed by atoms with van der Waals surface area (Å²) in [6, 6.07) is 11.1. The number of hydrogen-bond acceptors (Lipinski definition) is 9. The van der Waals surface area contributed by atoms with E-state index in [1.165, 1.54) is 13.8 Å². The monoisotopic (exact) mass is 627 g/mol. The van der Waals surface area contributed by atoms with Crippen molar-refractivity contribution < 1.29 is 42.9 Å².